The van der Waals surface area contributed by atoms with Gasteiger partial charge in [0, 0.05) is 6.54 Å². The molecule has 0 radical (unpaired) electrons. The standard InChI is InChI=1S/C11H16FN3O3S/c1-2-5-14-11(16)7-15-19(17,18)8-3-4-9(12)10(13)6-8/h3-4,6,15H,2,5,7,13H2,1H3,(H,14,16). The zero-order valence-electron chi connectivity index (χ0n) is 10.4. The van der Waals surface area contributed by atoms with Gasteiger partial charge in [0.15, 0.2) is 0 Å². The van der Waals surface area contributed by atoms with Gasteiger partial charge in [-0.05, 0) is 24.6 Å². The van der Waals surface area contributed by atoms with Crippen molar-refractivity contribution in [2.45, 2.75) is 18.2 Å². The molecule has 0 spiro atoms. The normalized spacial score (nSPS) is 11.3. The summed E-state index contributed by atoms with van der Waals surface area (Å²) in [7, 11) is -3.88. The second-order valence-electron chi connectivity index (χ2n) is 3.86. The third kappa shape index (κ3) is 4.49. The van der Waals surface area contributed by atoms with Gasteiger partial charge in [0.25, 0.3) is 0 Å². The van der Waals surface area contributed by atoms with Crippen molar-refractivity contribution in [3.8, 4) is 0 Å². The van der Waals surface area contributed by atoms with E-state index in [-0.39, 0.29) is 17.1 Å². The lowest BCUT2D eigenvalue weighted by molar-refractivity contribution is -0.119. The molecule has 0 aromatic heterocycles. The number of carbonyl (C=O) groups excluding carboxylic acids is 1. The average Bonchev–Trinajstić information content (AvgIpc) is 2.37. The van der Waals surface area contributed by atoms with Crippen LogP contribution >= 0.6 is 0 Å². The summed E-state index contributed by atoms with van der Waals surface area (Å²) in [5.41, 5.74) is 5.03. The summed E-state index contributed by atoms with van der Waals surface area (Å²) in [6, 6.07) is 3.04. The van der Waals surface area contributed by atoms with Crippen LogP contribution in [-0.2, 0) is 14.8 Å². The topological polar surface area (TPSA) is 101 Å². The van der Waals surface area contributed by atoms with Crippen molar-refractivity contribution in [1.29, 1.82) is 0 Å². The molecule has 0 saturated carbocycles. The molecular weight excluding hydrogens is 273 g/mol. The Morgan fingerprint density at radius 2 is 2.11 bits per heavy atom. The lowest BCUT2D eigenvalue weighted by atomic mass is 10.3. The Hall–Kier alpha value is -1.67. The monoisotopic (exact) mass is 289 g/mol. The molecule has 1 rings (SSSR count). The van der Waals surface area contributed by atoms with Crippen LogP contribution < -0.4 is 15.8 Å². The fraction of sp³-hybridized carbons (Fsp3) is 0.364. The zero-order chi connectivity index (χ0) is 14.5. The molecule has 6 nitrogen and oxygen atoms in total. The summed E-state index contributed by atoms with van der Waals surface area (Å²) in [5, 5.41) is 2.53. The van der Waals surface area contributed by atoms with E-state index in [0.717, 1.165) is 24.6 Å². The smallest absolute Gasteiger partial charge is 0.241 e. The number of halogens is 1. The van der Waals surface area contributed by atoms with Crippen molar-refractivity contribution in [3.05, 3.63) is 24.0 Å². The first-order chi connectivity index (χ1) is 8.86. The SMILES string of the molecule is CCCNC(=O)CNS(=O)(=O)c1ccc(F)c(N)c1. The van der Waals surface area contributed by atoms with Gasteiger partial charge in [-0.1, -0.05) is 6.92 Å². The van der Waals surface area contributed by atoms with Crippen molar-refractivity contribution in [2.24, 2.45) is 0 Å². The van der Waals surface area contributed by atoms with E-state index in [1.165, 1.54) is 0 Å². The molecule has 106 valence electrons. The number of nitrogen functional groups attached to an aromatic ring is 1. The molecule has 1 aromatic rings. The zero-order valence-corrected chi connectivity index (χ0v) is 11.3. The minimum atomic E-state index is -3.88. The van der Waals surface area contributed by atoms with E-state index in [4.69, 9.17) is 5.73 Å². The second-order valence-corrected chi connectivity index (χ2v) is 5.62. The van der Waals surface area contributed by atoms with Crippen LogP contribution in [0.2, 0.25) is 0 Å². The maximum absolute atomic E-state index is 12.9. The fourth-order valence-corrected chi connectivity index (χ4v) is 2.28. The maximum Gasteiger partial charge on any atom is 0.241 e. The van der Waals surface area contributed by atoms with Crippen LogP contribution in [0.25, 0.3) is 0 Å². The van der Waals surface area contributed by atoms with Gasteiger partial charge in [-0.25, -0.2) is 17.5 Å². The number of amides is 1. The molecule has 0 saturated heterocycles. The Bertz CT molecular complexity index is 560. The Morgan fingerprint density at radius 3 is 2.68 bits per heavy atom. The van der Waals surface area contributed by atoms with E-state index < -0.39 is 21.7 Å². The van der Waals surface area contributed by atoms with Gasteiger partial charge < -0.3 is 11.1 Å². The van der Waals surface area contributed by atoms with Crippen molar-refractivity contribution in [3.63, 3.8) is 0 Å². The largest absolute Gasteiger partial charge is 0.396 e. The first kappa shape index (κ1) is 15.4. The van der Waals surface area contributed by atoms with E-state index in [0.29, 0.717) is 6.54 Å². The van der Waals surface area contributed by atoms with Crippen LogP contribution in [0.1, 0.15) is 13.3 Å². The van der Waals surface area contributed by atoms with Crippen LogP contribution in [0.3, 0.4) is 0 Å². The van der Waals surface area contributed by atoms with Gasteiger partial charge in [0.2, 0.25) is 15.9 Å². The molecule has 1 amide bonds. The molecular formula is C11H16FN3O3S. The molecule has 0 atom stereocenters. The number of hydrogen-bond donors (Lipinski definition) is 3. The summed E-state index contributed by atoms with van der Waals surface area (Å²) >= 11 is 0. The quantitative estimate of drug-likeness (QED) is 0.652. The van der Waals surface area contributed by atoms with Crippen LogP contribution in [0.15, 0.2) is 23.1 Å². The minimum Gasteiger partial charge on any atom is -0.396 e. The highest BCUT2D eigenvalue weighted by Gasteiger charge is 2.16. The van der Waals surface area contributed by atoms with Gasteiger partial charge in [-0.3, -0.25) is 4.79 Å². The van der Waals surface area contributed by atoms with Gasteiger partial charge in [-0.15, -0.1) is 0 Å². The molecule has 0 aliphatic carbocycles. The maximum atomic E-state index is 12.9. The molecule has 0 bridgehead atoms. The van der Waals surface area contributed by atoms with Crippen molar-refractivity contribution in [1.82, 2.24) is 10.0 Å². The summed E-state index contributed by atoms with van der Waals surface area (Å²) in [6.45, 7) is 1.98. The van der Waals surface area contributed by atoms with Gasteiger partial charge in [0.1, 0.15) is 5.82 Å². The predicted molar refractivity (Wildman–Crippen MR) is 69.3 cm³/mol. The second kappa shape index (κ2) is 6.48. The van der Waals surface area contributed by atoms with Crippen molar-refractivity contribution >= 4 is 21.6 Å². The lowest BCUT2D eigenvalue weighted by Crippen LogP contribution is -2.37. The van der Waals surface area contributed by atoms with Gasteiger partial charge >= 0.3 is 0 Å². The highest BCUT2D eigenvalue weighted by Crippen LogP contribution is 2.16. The third-order valence-electron chi connectivity index (χ3n) is 2.27. The number of nitrogens with one attached hydrogen (secondary N) is 2. The summed E-state index contributed by atoms with van der Waals surface area (Å²) in [5.74, 6) is -1.12. The number of sulfonamides is 1. The summed E-state index contributed by atoms with van der Waals surface area (Å²) in [6.07, 6.45) is 0.757. The first-order valence-electron chi connectivity index (χ1n) is 5.68. The number of anilines is 1. The molecule has 1 aromatic carbocycles. The number of nitrogens with two attached hydrogens (primary N) is 1. The summed E-state index contributed by atoms with van der Waals surface area (Å²) < 4.78 is 38.7. The van der Waals surface area contributed by atoms with Crippen molar-refractivity contribution < 1.29 is 17.6 Å². The Balaban J connectivity index is 2.70. The van der Waals surface area contributed by atoms with Crippen LogP contribution in [0, 0.1) is 5.82 Å². The molecule has 0 heterocycles. The molecule has 4 N–H and O–H groups in total. The lowest BCUT2D eigenvalue weighted by Gasteiger charge is -2.08. The van der Waals surface area contributed by atoms with E-state index in [1.54, 1.807) is 0 Å². The summed E-state index contributed by atoms with van der Waals surface area (Å²) in [4.78, 5) is 11.1. The molecule has 8 heteroatoms. The highest BCUT2D eigenvalue weighted by molar-refractivity contribution is 7.89. The minimum absolute atomic E-state index is 0.185. The van der Waals surface area contributed by atoms with Crippen LogP contribution in [0.4, 0.5) is 10.1 Å². The van der Waals surface area contributed by atoms with E-state index >= 15 is 0 Å². The van der Waals surface area contributed by atoms with E-state index in [9.17, 15) is 17.6 Å². The Kier molecular flexibility index (Phi) is 5.25. The molecule has 0 fully saturated rings. The van der Waals surface area contributed by atoms with E-state index in [2.05, 4.69) is 10.0 Å². The molecule has 0 aliphatic heterocycles. The van der Waals surface area contributed by atoms with Crippen LogP contribution in [0.5, 0.6) is 0 Å². The Labute approximate surface area is 111 Å². The molecule has 0 aliphatic rings. The average molecular weight is 289 g/mol. The van der Waals surface area contributed by atoms with Crippen LogP contribution in [-0.4, -0.2) is 27.4 Å². The number of carbonyl (C=O) groups is 1. The van der Waals surface area contributed by atoms with Gasteiger partial charge in [0.05, 0.1) is 17.1 Å². The van der Waals surface area contributed by atoms with Crippen molar-refractivity contribution in [2.75, 3.05) is 18.8 Å². The molecule has 0 unspecified atom stereocenters. The van der Waals surface area contributed by atoms with Gasteiger partial charge in [-0.2, -0.15) is 0 Å². The first-order valence-corrected chi connectivity index (χ1v) is 7.16. The fourth-order valence-electron chi connectivity index (χ4n) is 1.26. The number of benzene rings is 1. The predicted octanol–water partition coefficient (Wildman–Crippen LogP) is 0.212. The number of hydrogen-bond acceptors (Lipinski definition) is 4. The molecule has 19 heavy (non-hydrogen) atoms. The van der Waals surface area contributed by atoms with E-state index in [1.807, 2.05) is 6.92 Å². The Morgan fingerprint density at radius 1 is 1.42 bits per heavy atom. The highest BCUT2D eigenvalue weighted by atomic mass is 32.2. The third-order valence-corrected chi connectivity index (χ3v) is 3.67. The number of rotatable bonds is 6.